The van der Waals surface area contributed by atoms with E-state index in [2.05, 4.69) is 20.0 Å². The van der Waals surface area contributed by atoms with E-state index in [9.17, 15) is 24.3 Å². The van der Waals surface area contributed by atoms with Gasteiger partial charge in [-0.05, 0) is 5.57 Å². The molecule has 13 nitrogen and oxygen atoms in total. The quantitative estimate of drug-likeness (QED) is 0.0946. The standard InChI is InChI=1S/C23H22N6O7S3/c24-23-25-14(10-39-23)16(27-36-7-15(30)31)19(32)26-17-20(33)29-18(22(34)35)11(9-38-21(17)29)8-37-13-3-5-28(6-4-13)12-1-2-12/h3-6,10,12,17,21H,1-2,7-9H2,(H4-,24,25,26,30,31,32,34,35)/p+1/b27-16-/t17-,21-/m1/s1. The zero-order chi connectivity index (χ0) is 27.7. The van der Waals surface area contributed by atoms with E-state index in [1.165, 1.54) is 46.6 Å². The summed E-state index contributed by atoms with van der Waals surface area (Å²) in [7, 11) is 0. The van der Waals surface area contributed by atoms with Crippen molar-refractivity contribution in [2.45, 2.75) is 35.2 Å². The van der Waals surface area contributed by atoms with Crippen molar-refractivity contribution in [1.82, 2.24) is 15.2 Å². The van der Waals surface area contributed by atoms with Crippen LogP contribution in [0.1, 0.15) is 24.6 Å². The Balaban J connectivity index is 1.27. The molecule has 39 heavy (non-hydrogen) atoms. The minimum Gasteiger partial charge on any atom is -0.479 e. The molecule has 1 saturated heterocycles. The number of thiazole rings is 1. The van der Waals surface area contributed by atoms with E-state index in [-0.39, 0.29) is 22.2 Å². The van der Waals surface area contributed by atoms with Gasteiger partial charge in [0.05, 0.1) is 0 Å². The van der Waals surface area contributed by atoms with Crippen LogP contribution in [-0.2, 0) is 24.0 Å². The topological polar surface area (TPSA) is 188 Å². The second kappa shape index (κ2) is 11.2. The normalized spacial score (nSPS) is 20.8. The van der Waals surface area contributed by atoms with Gasteiger partial charge in [-0.2, -0.15) is 0 Å². The summed E-state index contributed by atoms with van der Waals surface area (Å²) >= 11 is 3.89. The van der Waals surface area contributed by atoms with Crippen LogP contribution >= 0.6 is 34.9 Å². The van der Waals surface area contributed by atoms with Crippen LogP contribution in [0, 0.1) is 0 Å². The highest BCUT2D eigenvalue weighted by atomic mass is 32.2. The van der Waals surface area contributed by atoms with E-state index >= 15 is 0 Å². The van der Waals surface area contributed by atoms with Gasteiger partial charge in [-0.1, -0.05) is 5.16 Å². The van der Waals surface area contributed by atoms with Crippen LogP contribution in [0.5, 0.6) is 0 Å². The number of aromatic nitrogens is 2. The van der Waals surface area contributed by atoms with Crippen LogP contribution in [0.4, 0.5) is 5.13 Å². The summed E-state index contributed by atoms with van der Waals surface area (Å²) in [5.74, 6) is -3.14. The smallest absolute Gasteiger partial charge is 0.352 e. The number of carbonyl (C=O) groups excluding carboxylic acids is 2. The summed E-state index contributed by atoms with van der Waals surface area (Å²) in [6.07, 6.45) is 6.41. The van der Waals surface area contributed by atoms with Crippen LogP contribution < -0.4 is 15.6 Å². The summed E-state index contributed by atoms with van der Waals surface area (Å²) in [6, 6.07) is 3.55. The molecule has 0 radical (unpaired) electrons. The number of anilines is 1. The maximum absolute atomic E-state index is 13.0. The molecule has 4 heterocycles. The highest BCUT2D eigenvalue weighted by Crippen LogP contribution is 2.41. The Hall–Kier alpha value is -3.63. The van der Waals surface area contributed by atoms with Crippen LogP contribution in [0.3, 0.4) is 0 Å². The maximum atomic E-state index is 13.0. The fourth-order valence-electron chi connectivity index (χ4n) is 4.06. The van der Waals surface area contributed by atoms with Gasteiger partial charge >= 0.3 is 11.9 Å². The minimum absolute atomic E-state index is 0.0503. The number of fused-ring (bicyclic) bond motifs is 1. The first kappa shape index (κ1) is 27.0. The number of amides is 2. The first-order valence-corrected chi connectivity index (χ1v) is 14.6. The number of nitrogen functional groups attached to an aromatic ring is 1. The van der Waals surface area contributed by atoms with Crippen molar-refractivity contribution in [2.24, 2.45) is 5.16 Å². The Labute approximate surface area is 234 Å². The first-order valence-electron chi connectivity index (χ1n) is 11.7. The van der Waals surface area contributed by atoms with E-state index in [1.807, 2.05) is 24.5 Å². The molecular weight excluding hydrogens is 568 g/mol. The highest BCUT2D eigenvalue weighted by molar-refractivity contribution is 8.01. The Morgan fingerprint density at radius 1 is 1.28 bits per heavy atom. The zero-order valence-electron chi connectivity index (χ0n) is 20.2. The Morgan fingerprint density at radius 3 is 2.64 bits per heavy atom. The van der Waals surface area contributed by atoms with Crippen molar-refractivity contribution >= 4 is 69.5 Å². The lowest BCUT2D eigenvalue weighted by Gasteiger charge is -2.49. The lowest BCUT2D eigenvalue weighted by molar-refractivity contribution is -0.700. The molecule has 3 aliphatic rings. The number of nitrogens with one attached hydrogen (secondary N) is 1. The van der Waals surface area contributed by atoms with Crippen molar-refractivity contribution in [2.75, 3.05) is 23.8 Å². The third-order valence-electron chi connectivity index (χ3n) is 6.06. The Kier molecular flexibility index (Phi) is 7.76. The second-order valence-corrected chi connectivity index (χ2v) is 11.8. The highest BCUT2D eigenvalue weighted by Gasteiger charge is 2.54. The number of pyridine rings is 1. The molecule has 5 N–H and O–H groups in total. The number of carboxylic acid groups (broad SMARTS) is 2. The van der Waals surface area contributed by atoms with E-state index in [0.717, 1.165) is 16.2 Å². The first-order chi connectivity index (χ1) is 18.7. The number of oxime groups is 1. The van der Waals surface area contributed by atoms with Gasteiger partial charge in [0, 0.05) is 46.8 Å². The van der Waals surface area contributed by atoms with Gasteiger partial charge in [0.1, 0.15) is 22.8 Å². The van der Waals surface area contributed by atoms with Crippen LogP contribution in [-0.4, -0.2) is 79.1 Å². The number of thioether (sulfide) groups is 2. The number of nitrogens with zero attached hydrogens (tertiary/aromatic N) is 4. The predicted octanol–water partition coefficient (Wildman–Crippen LogP) is 0.684. The monoisotopic (exact) mass is 591 g/mol. The number of aliphatic carboxylic acids is 2. The van der Waals surface area contributed by atoms with Crippen LogP contribution in [0.2, 0.25) is 0 Å². The summed E-state index contributed by atoms with van der Waals surface area (Å²) in [6.45, 7) is -0.790. The summed E-state index contributed by atoms with van der Waals surface area (Å²) in [4.78, 5) is 59.9. The number of carbonyl (C=O) groups is 4. The molecule has 2 fully saturated rings. The molecule has 5 rings (SSSR count). The summed E-state index contributed by atoms with van der Waals surface area (Å²) < 4.78 is 2.16. The molecular formula is C23H23N6O7S3+. The number of hydrogen-bond donors (Lipinski definition) is 4. The number of rotatable bonds is 11. The van der Waals surface area contributed by atoms with E-state index in [0.29, 0.717) is 23.1 Å². The molecule has 2 amide bonds. The number of hydrogen-bond acceptors (Lipinski definition) is 11. The van der Waals surface area contributed by atoms with E-state index < -0.39 is 41.8 Å². The molecule has 1 aliphatic carbocycles. The van der Waals surface area contributed by atoms with Gasteiger partial charge in [0.15, 0.2) is 29.3 Å². The minimum atomic E-state index is -1.30. The lowest BCUT2D eigenvalue weighted by Crippen LogP contribution is -2.71. The largest absolute Gasteiger partial charge is 0.479 e. The molecule has 0 bridgehead atoms. The van der Waals surface area contributed by atoms with Gasteiger partial charge in [0.25, 0.3) is 11.8 Å². The van der Waals surface area contributed by atoms with Crippen molar-refractivity contribution in [3.05, 3.63) is 46.9 Å². The average Bonchev–Trinajstić information content (AvgIpc) is 3.68. The van der Waals surface area contributed by atoms with Crippen molar-refractivity contribution < 1.29 is 38.8 Å². The van der Waals surface area contributed by atoms with Gasteiger partial charge < -0.3 is 26.1 Å². The van der Waals surface area contributed by atoms with Crippen LogP contribution in [0.25, 0.3) is 0 Å². The summed E-state index contributed by atoms with van der Waals surface area (Å²) in [5, 5.41) is 25.8. The number of carboxylic acids is 2. The van der Waals surface area contributed by atoms with E-state index in [4.69, 9.17) is 15.7 Å². The van der Waals surface area contributed by atoms with Gasteiger partial charge in [0.2, 0.25) is 6.61 Å². The van der Waals surface area contributed by atoms with Crippen molar-refractivity contribution in [3.8, 4) is 0 Å². The van der Waals surface area contributed by atoms with Gasteiger partial charge in [-0.25, -0.2) is 19.1 Å². The Morgan fingerprint density at radius 2 is 2.03 bits per heavy atom. The third-order valence-corrected chi connectivity index (χ3v) is 9.18. The van der Waals surface area contributed by atoms with Crippen molar-refractivity contribution in [3.63, 3.8) is 0 Å². The molecule has 2 atom stereocenters. The van der Waals surface area contributed by atoms with Gasteiger partial charge in [-0.15, -0.1) is 34.9 Å². The predicted molar refractivity (Wildman–Crippen MR) is 142 cm³/mol. The SMILES string of the molecule is Nc1nc(/C(=N/OCC(=O)O)C(=O)N[C@@H]2C(=O)N3C(C(=O)O)=C(CSc4cc[n+](C5CC5)cc4)CS[C@H]23)cs1. The molecule has 0 spiro atoms. The Bertz CT molecular complexity index is 1390. The summed E-state index contributed by atoms with van der Waals surface area (Å²) in [5.41, 5.74) is 5.88. The molecule has 0 aromatic carbocycles. The average molecular weight is 592 g/mol. The second-order valence-electron chi connectivity index (χ2n) is 8.80. The van der Waals surface area contributed by atoms with Crippen LogP contribution in [0.15, 0.2) is 51.2 Å². The molecule has 2 aromatic rings. The molecule has 204 valence electrons. The molecule has 2 aromatic heterocycles. The molecule has 0 unspecified atom stereocenters. The lowest BCUT2D eigenvalue weighted by atomic mass is 10.0. The van der Waals surface area contributed by atoms with E-state index in [1.54, 1.807) is 0 Å². The fourth-order valence-corrected chi connectivity index (χ4v) is 6.98. The molecule has 16 heteroatoms. The zero-order valence-corrected chi connectivity index (χ0v) is 22.6. The van der Waals surface area contributed by atoms with Crippen molar-refractivity contribution in [1.29, 1.82) is 0 Å². The fraction of sp³-hybridized carbons (Fsp3) is 0.348. The number of β-lactam (4-membered cyclic amide) rings is 1. The molecule has 1 saturated carbocycles. The third kappa shape index (κ3) is 5.86. The maximum Gasteiger partial charge on any atom is 0.352 e. The number of nitrogens with two attached hydrogens (primary N) is 1. The molecule has 2 aliphatic heterocycles. The van der Waals surface area contributed by atoms with Gasteiger partial charge in [-0.3, -0.25) is 14.5 Å².